The zero-order chi connectivity index (χ0) is 17.0. The number of methoxy groups -OCH3 is 1. The topological polar surface area (TPSA) is 59.6 Å². The van der Waals surface area contributed by atoms with Crippen LogP contribution in [0.5, 0.6) is 5.75 Å². The highest BCUT2D eigenvalue weighted by Crippen LogP contribution is 2.27. The van der Waals surface area contributed by atoms with Crippen LogP contribution in [0.3, 0.4) is 0 Å². The number of hydrogen-bond acceptors (Lipinski definition) is 4. The minimum absolute atomic E-state index is 0.0822. The zero-order valence-corrected chi connectivity index (χ0v) is 12.9. The van der Waals surface area contributed by atoms with Crippen LogP contribution in [-0.2, 0) is 4.74 Å². The largest absolute Gasteiger partial charge is 0.573 e. The van der Waals surface area contributed by atoms with Gasteiger partial charge in [-0.05, 0) is 25.5 Å². The smallest absolute Gasteiger partial charge is 0.405 e. The van der Waals surface area contributed by atoms with Crippen LogP contribution in [0.2, 0.25) is 0 Å². The maximum atomic E-state index is 12.3. The van der Waals surface area contributed by atoms with Gasteiger partial charge in [0.25, 0.3) is 5.91 Å². The third-order valence-corrected chi connectivity index (χ3v) is 3.78. The van der Waals surface area contributed by atoms with Crippen LogP contribution in [0.1, 0.15) is 22.3 Å². The summed E-state index contributed by atoms with van der Waals surface area (Å²) < 4.78 is 46.1. The van der Waals surface area contributed by atoms with Gasteiger partial charge >= 0.3 is 6.36 Å². The van der Waals surface area contributed by atoms with E-state index in [9.17, 15) is 18.0 Å². The summed E-state index contributed by atoms with van der Waals surface area (Å²) in [5.74, 6) is -0.804. The maximum Gasteiger partial charge on any atom is 0.573 e. The Balaban J connectivity index is 1.98. The SMILES string of the molecule is COC1CNC(CNC(=O)c2cccc(OC(F)(F)F)c2C)C1. The molecule has 1 aromatic rings. The van der Waals surface area contributed by atoms with Crippen LogP contribution in [-0.4, -0.2) is 44.6 Å². The van der Waals surface area contributed by atoms with Gasteiger partial charge in [0.05, 0.1) is 6.10 Å². The molecule has 0 spiro atoms. The van der Waals surface area contributed by atoms with Gasteiger partial charge in [-0.25, -0.2) is 0 Å². The lowest BCUT2D eigenvalue weighted by Crippen LogP contribution is -2.37. The number of nitrogens with one attached hydrogen (secondary N) is 2. The van der Waals surface area contributed by atoms with Crippen molar-refractivity contribution in [1.82, 2.24) is 10.6 Å². The van der Waals surface area contributed by atoms with E-state index in [-0.39, 0.29) is 29.0 Å². The van der Waals surface area contributed by atoms with E-state index < -0.39 is 12.3 Å². The predicted molar refractivity (Wildman–Crippen MR) is 77.4 cm³/mol. The van der Waals surface area contributed by atoms with Crippen molar-refractivity contribution in [2.45, 2.75) is 31.9 Å². The summed E-state index contributed by atoms with van der Waals surface area (Å²) in [6.45, 7) is 2.51. The maximum absolute atomic E-state index is 12.3. The molecule has 2 atom stereocenters. The molecule has 0 aliphatic carbocycles. The number of carbonyl (C=O) groups excluding carboxylic acids is 1. The molecule has 1 amide bonds. The first-order chi connectivity index (χ1) is 10.8. The summed E-state index contributed by atoms with van der Waals surface area (Å²) in [5, 5.41) is 5.93. The highest BCUT2D eigenvalue weighted by Gasteiger charge is 2.32. The Kier molecular flexibility index (Phi) is 5.48. The summed E-state index contributed by atoms with van der Waals surface area (Å²) >= 11 is 0. The van der Waals surface area contributed by atoms with Gasteiger partial charge < -0.3 is 20.1 Å². The molecule has 8 heteroatoms. The van der Waals surface area contributed by atoms with E-state index in [1.54, 1.807) is 7.11 Å². The van der Waals surface area contributed by atoms with Gasteiger partial charge in [-0.2, -0.15) is 0 Å². The average molecular weight is 332 g/mol. The van der Waals surface area contributed by atoms with Crippen LogP contribution < -0.4 is 15.4 Å². The number of amides is 1. The third kappa shape index (κ3) is 4.84. The Bertz CT molecular complexity index is 563. The summed E-state index contributed by atoms with van der Waals surface area (Å²) in [7, 11) is 1.63. The Morgan fingerprint density at radius 2 is 2.17 bits per heavy atom. The fourth-order valence-corrected chi connectivity index (χ4v) is 2.52. The molecule has 1 fully saturated rings. The van der Waals surface area contributed by atoms with Crippen LogP contribution in [0.15, 0.2) is 18.2 Å². The van der Waals surface area contributed by atoms with E-state index in [0.29, 0.717) is 13.1 Å². The van der Waals surface area contributed by atoms with Gasteiger partial charge in [0, 0.05) is 37.4 Å². The second kappa shape index (κ2) is 7.18. The molecular formula is C15H19F3N2O3. The fraction of sp³-hybridized carbons (Fsp3) is 0.533. The lowest BCUT2D eigenvalue weighted by molar-refractivity contribution is -0.274. The van der Waals surface area contributed by atoms with Gasteiger partial charge in [0.15, 0.2) is 0 Å². The van der Waals surface area contributed by atoms with Crippen molar-refractivity contribution in [3.63, 3.8) is 0 Å². The molecule has 0 aromatic heterocycles. The van der Waals surface area contributed by atoms with Crippen LogP contribution in [0, 0.1) is 6.92 Å². The summed E-state index contributed by atoms with van der Waals surface area (Å²) in [6.07, 6.45) is -3.90. The molecule has 1 heterocycles. The molecule has 23 heavy (non-hydrogen) atoms. The van der Waals surface area contributed by atoms with Gasteiger partial charge in [-0.3, -0.25) is 4.79 Å². The Labute approximate surface area is 132 Å². The number of hydrogen-bond donors (Lipinski definition) is 2. The molecule has 5 nitrogen and oxygen atoms in total. The lowest BCUT2D eigenvalue weighted by Gasteiger charge is -2.15. The molecule has 0 saturated carbocycles. The van der Waals surface area contributed by atoms with Crippen LogP contribution in [0.4, 0.5) is 13.2 Å². The Morgan fingerprint density at radius 3 is 2.78 bits per heavy atom. The Hall–Kier alpha value is -1.80. The van der Waals surface area contributed by atoms with Crippen molar-refractivity contribution >= 4 is 5.91 Å². The zero-order valence-electron chi connectivity index (χ0n) is 12.9. The van der Waals surface area contributed by atoms with Crippen molar-refractivity contribution in [3.05, 3.63) is 29.3 Å². The first-order valence-electron chi connectivity index (χ1n) is 7.20. The van der Waals surface area contributed by atoms with E-state index in [1.807, 2.05) is 0 Å². The monoisotopic (exact) mass is 332 g/mol. The number of carbonyl (C=O) groups is 1. The number of halogens is 3. The first kappa shape index (κ1) is 17.6. The van der Waals surface area contributed by atoms with E-state index in [0.717, 1.165) is 6.42 Å². The molecule has 2 N–H and O–H groups in total. The summed E-state index contributed by atoms with van der Waals surface area (Å²) in [4.78, 5) is 12.2. The summed E-state index contributed by atoms with van der Waals surface area (Å²) in [5.41, 5.74) is 0.310. The highest BCUT2D eigenvalue weighted by molar-refractivity contribution is 5.96. The van der Waals surface area contributed by atoms with Crippen LogP contribution in [0.25, 0.3) is 0 Å². The fourth-order valence-electron chi connectivity index (χ4n) is 2.52. The molecule has 1 aromatic carbocycles. The van der Waals surface area contributed by atoms with Crippen LogP contribution >= 0.6 is 0 Å². The van der Waals surface area contributed by atoms with Crippen molar-refractivity contribution < 1.29 is 27.4 Å². The average Bonchev–Trinajstić information content (AvgIpc) is 2.93. The molecule has 1 aliphatic rings. The quantitative estimate of drug-likeness (QED) is 0.866. The van der Waals surface area contributed by atoms with Crippen molar-refractivity contribution in [2.24, 2.45) is 0 Å². The van der Waals surface area contributed by atoms with Crippen molar-refractivity contribution in [3.8, 4) is 5.75 Å². The molecular weight excluding hydrogens is 313 g/mol. The van der Waals surface area contributed by atoms with E-state index in [2.05, 4.69) is 15.4 Å². The number of rotatable bonds is 5. The molecule has 128 valence electrons. The van der Waals surface area contributed by atoms with Gasteiger partial charge in [-0.1, -0.05) is 6.07 Å². The third-order valence-electron chi connectivity index (χ3n) is 3.78. The second-order valence-electron chi connectivity index (χ2n) is 5.39. The van der Waals surface area contributed by atoms with Crippen molar-refractivity contribution in [1.29, 1.82) is 0 Å². The van der Waals surface area contributed by atoms with E-state index in [1.165, 1.54) is 25.1 Å². The van der Waals surface area contributed by atoms with E-state index in [4.69, 9.17) is 4.74 Å². The van der Waals surface area contributed by atoms with Crippen molar-refractivity contribution in [2.75, 3.05) is 20.2 Å². The molecule has 2 unspecified atom stereocenters. The molecule has 1 aliphatic heterocycles. The number of ether oxygens (including phenoxy) is 2. The molecule has 0 radical (unpaired) electrons. The molecule has 1 saturated heterocycles. The predicted octanol–water partition coefficient (Wildman–Crippen LogP) is 2.00. The minimum atomic E-state index is -4.79. The lowest BCUT2D eigenvalue weighted by atomic mass is 10.1. The second-order valence-corrected chi connectivity index (χ2v) is 5.39. The van der Waals surface area contributed by atoms with Gasteiger partial charge in [-0.15, -0.1) is 13.2 Å². The van der Waals surface area contributed by atoms with Gasteiger partial charge in [0.2, 0.25) is 0 Å². The normalized spacial score (nSPS) is 21.3. The van der Waals surface area contributed by atoms with Gasteiger partial charge in [0.1, 0.15) is 5.75 Å². The highest BCUT2D eigenvalue weighted by atomic mass is 19.4. The minimum Gasteiger partial charge on any atom is -0.405 e. The number of benzene rings is 1. The van der Waals surface area contributed by atoms with E-state index >= 15 is 0 Å². The standard InChI is InChI=1S/C15H19F3N2O3/c1-9-12(4-3-5-13(9)23-15(16,17)18)14(21)20-7-10-6-11(22-2)8-19-10/h3-5,10-11,19H,6-8H2,1-2H3,(H,20,21). The first-order valence-corrected chi connectivity index (χ1v) is 7.20. The number of alkyl halides is 3. The summed E-state index contributed by atoms with van der Waals surface area (Å²) in [6, 6.07) is 4.09. The molecule has 0 bridgehead atoms. The Morgan fingerprint density at radius 1 is 1.43 bits per heavy atom. The molecule has 2 rings (SSSR count).